The molecular formula is C17H15BrClNO. The van der Waals surface area contributed by atoms with Crippen LogP contribution in [0.15, 0.2) is 51.4 Å². The van der Waals surface area contributed by atoms with E-state index in [1.54, 1.807) is 0 Å². The summed E-state index contributed by atoms with van der Waals surface area (Å²) in [6, 6.07) is 14.0. The Morgan fingerprint density at radius 2 is 1.95 bits per heavy atom. The summed E-state index contributed by atoms with van der Waals surface area (Å²) in [5, 5.41) is 5.27. The number of halogens is 2. The van der Waals surface area contributed by atoms with E-state index in [1.807, 2.05) is 30.3 Å². The van der Waals surface area contributed by atoms with Crippen LogP contribution in [0.2, 0.25) is 5.02 Å². The molecule has 0 spiro atoms. The van der Waals surface area contributed by atoms with Crippen LogP contribution >= 0.6 is 27.5 Å². The van der Waals surface area contributed by atoms with Crippen molar-refractivity contribution in [3.05, 3.63) is 63.3 Å². The van der Waals surface area contributed by atoms with Crippen LogP contribution in [-0.4, -0.2) is 0 Å². The predicted molar refractivity (Wildman–Crippen MR) is 92.1 cm³/mol. The molecule has 0 bridgehead atoms. The lowest BCUT2D eigenvalue weighted by atomic mass is 10.1. The molecule has 4 heteroatoms. The van der Waals surface area contributed by atoms with Crippen LogP contribution in [0.1, 0.15) is 24.3 Å². The fourth-order valence-corrected chi connectivity index (χ4v) is 2.85. The van der Waals surface area contributed by atoms with Crippen molar-refractivity contribution in [3.63, 3.8) is 0 Å². The summed E-state index contributed by atoms with van der Waals surface area (Å²) in [6.45, 7) is 4.13. The lowest BCUT2D eigenvalue weighted by molar-refractivity contribution is 0.526. The van der Waals surface area contributed by atoms with Gasteiger partial charge in [0.15, 0.2) is 0 Å². The van der Waals surface area contributed by atoms with Gasteiger partial charge in [-0.15, -0.1) is 0 Å². The zero-order valence-corrected chi connectivity index (χ0v) is 14.1. The predicted octanol–water partition coefficient (Wildman–Crippen LogP) is 6.33. The molecule has 0 aliphatic carbocycles. The number of rotatable bonds is 3. The average Bonchev–Trinajstić information content (AvgIpc) is 2.86. The smallest absolute Gasteiger partial charge is 0.134 e. The van der Waals surface area contributed by atoms with E-state index >= 15 is 0 Å². The number of furan rings is 1. The molecule has 3 rings (SSSR count). The van der Waals surface area contributed by atoms with E-state index in [2.05, 4.69) is 47.2 Å². The first-order chi connectivity index (χ1) is 10.0. The molecule has 1 unspecified atom stereocenters. The first-order valence-corrected chi connectivity index (χ1v) is 7.92. The SMILES string of the molecule is Cc1ccc(Cl)cc1NC(C)c1cc2cc(Br)ccc2o1. The maximum atomic E-state index is 6.06. The van der Waals surface area contributed by atoms with Gasteiger partial charge in [0, 0.05) is 20.6 Å². The van der Waals surface area contributed by atoms with E-state index in [1.165, 1.54) is 0 Å². The first-order valence-electron chi connectivity index (χ1n) is 6.74. The zero-order valence-electron chi connectivity index (χ0n) is 11.8. The molecule has 1 atom stereocenters. The van der Waals surface area contributed by atoms with Gasteiger partial charge in [-0.3, -0.25) is 0 Å². The first kappa shape index (κ1) is 14.5. The Kier molecular flexibility index (Phi) is 3.96. The van der Waals surface area contributed by atoms with Gasteiger partial charge < -0.3 is 9.73 Å². The number of benzene rings is 2. The van der Waals surface area contributed by atoms with Crippen molar-refractivity contribution in [1.82, 2.24) is 0 Å². The Morgan fingerprint density at radius 1 is 1.14 bits per heavy atom. The van der Waals surface area contributed by atoms with E-state index in [0.29, 0.717) is 0 Å². The van der Waals surface area contributed by atoms with Gasteiger partial charge in [-0.25, -0.2) is 0 Å². The van der Waals surface area contributed by atoms with Crippen molar-refractivity contribution in [2.45, 2.75) is 19.9 Å². The van der Waals surface area contributed by atoms with Crippen molar-refractivity contribution in [3.8, 4) is 0 Å². The third-order valence-electron chi connectivity index (χ3n) is 3.50. The summed E-state index contributed by atoms with van der Waals surface area (Å²) in [5.74, 6) is 0.905. The van der Waals surface area contributed by atoms with Gasteiger partial charge in [-0.2, -0.15) is 0 Å². The summed E-state index contributed by atoms with van der Waals surface area (Å²) in [4.78, 5) is 0. The van der Waals surface area contributed by atoms with Gasteiger partial charge in [-0.1, -0.05) is 33.6 Å². The van der Waals surface area contributed by atoms with Crippen molar-refractivity contribution in [2.24, 2.45) is 0 Å². The molecule has 0 radical (unpaired) electrons. The summed E-state index contributed by atoms with van der Waals surface area (Å²) in [6.07, 6.45) is 0. The number of hydrogen-bond donors (Lipinski definition) is 1. The van der Waals surface area contributed by atoms with Gasteiger partial charge in [0.1, 0.15) is 11.3 Å². The van der Waals surface area contributed by atoms with Crippen LogP contribution in [0.4, 0.5) is 5.69 Å². The highest BCUT2D eigenvalue weighted by atomic mass is 79.9. The molecule has 0 amide bonds. The standard InChI is InChI=1S/C17H15BrClNO/c1-10-3-5-14(19)9-15(10)20-11(2)17-8-12-7-13(18)4-6-16(12)21-17/h3-9,11,20H,1-2H3. The lowest BCUT2D eigenvalue weighted by Crippen LogP contribution is -2.06. The van der Waals surface area contributed by atoms with Crippen molar-refractivity contribution < 1.29 is 4.42 Å². The van der Waals surface area contributed by atoms with E-state index in [4.69, 9.17) is 16.0 Å². The van der Waals surface area contributed by atoms with Crippen LogP contribution in [0.5, 0.6) is 0 Å². The molecule has 3 aromatic rings. The third kappa shape index (κ3) is 3.09. The maximum Gasteiger partial charge on any atom is 0.134 e. The number of aryl methyl sites for hydroxylation is 1. The minimum Gasteiger partial charge on any atom is -0.459 e. The fraction of sp³-hybridized carbons (Fsp3) is 0.176. The van der Waals surface area contributed by atoms with Gasteiger partial charge in [-0.05, 0) is 55.8 Å². The quantitative estimate of drug-likeness (QED) is 0.587. The van der Waals surface area contributed by atoms with Crippen LogP contribution in [0, 0.1) is 6.92 Å². The van der Waals surface area contributed by atoms with Gasteiger partial charge in [0.2, 0.25) is 0 Å². The normalized spacial score (nSPS) is 12.6. The highest BCUT2D eigenvalue weighted by Gasteiger charge is 2.13. The second kappa shape index (κ2) is 5.74. The molecule has 1 aromatic heterocycles. The topological polar surface area (TPSA) is 25.2 Å². The Labute approximate surface area is 137 Å². The van der Waals surface area contributed by atoms with Gasteiger partial charge in [0.25, 0.3) is 0 Å². The van der Waals surface area contributed by atoms with Crippen molar-refractivity contribution in [2.75, 3.05) is 5.32 Å². The zero-order chi connectivity index (χ0) is 15.0. The Morgan fingerprint density at radius 3 is 2.76 bits per heavy atom. The van der Waals surface area contributed by atoms with Crippen LogP contribution in [-0.2, 0) is 0 Å². The minimum atomic E-state index is 0.0633. The highest BCUT2D eigenvalue weighted by molar-refractivity contribution is 9.10. The van der Waals surface area contributed by atoms with E-state index in [0.717, 1.165) is 37.5 Å². The van der Waals surface area contributed by atoms with Crippen LogP contribution < -0.4 is 5.32 Å². The molecule has 0 aliphatic rings. The number of hydrogen-bond acceptors (Lipinski definition) is 2. The second-order valence-electron chi connectivity index (χ2n) is 5.16. The summed E-state index contributed by atoms with van der Waals surface area (Å²) < 4.78 is 6.96. The monoisotopic (exact) mass is 363 g/mol. The van der Waals surface area contributed by atoms with E-state index < -0.39 is 0 Å². The molecule has 0 fully saturated rings. The maximum absolute atomic E-state index is 6.06. The summed E-state index contributed by atoms with van der Waals surface area (Å²) in [7, 11) is 0. The average molecular weight is 365 g/mol. The second-order valence-corrected chi connectivity index (χ2v) is 6.51. The van der Waals surface area contributed by atoms with E-state index in [-0.39, 0.29) is 6.04 Å². The molecular weight excluding hydrogens is 350 g/mol. The highest BCUT2D eigenvalue weighted by Crippen LogP contribution is 2.30. The van der Waals surface area contributed by atoms with Crippen LogP contribution in [0.25, 0.3) is 11.0 Å². The summed E-state index contributed by atoms with van der Waals surface area (Å²) in [5.41, 5.74) is 3.08. The van der Waals surface area contributed by atoms with Gasteiger partial charge in [0.05, 0.1) is 6.04 Å². The Balaban J connectivity index is 1.89. The fourth-order valence-electron chi connectivity index (χ4n) is 2.30. The molecule has 21 heavy (non-hydrogen) atoms. The molecule has 0 saturated carbocycles. The molecule has 108 valence electrons. The van der Waals surface area contributed by atoms with Crippen molar-refractivity contribution >= 4 is 44.2 Å². The third-order valence-corrected chi connectivity index (χ3v) is 4.22. The van der Waals surface area contributed by atoms with Crippen LogP contribution in [0.3, 0.4) is 0 Å². The molecule has 1 N–H and O–H groups in total. The number of nitrogens with one attached hydrogen (secondary N) is 1. The summed E-state index contributed by atoms with van der Waals surface area (Å²) >= 11 is 9.54. The van der Waals surface area contributed by atoms with Crippen molar-refractivity contribution in [1.29, 1.82) is 0 Å². The Bertz CT molecular complexity index is 797. The molecule has 0 saturated heterocycles. The molecule has 0 aliphatic heterocycles. The Hall–Kier alpha value is -1.45. The minimum absolute atomic E-state index is 0.0633. The largest absolute Gasteiger partial charge is 0.459 e. The molecule has 2 nitrogen and oxygen atoms in total. The molecule has 1 heterocycles. The number of anilines is 1. The van der Waals surface area contributed by atoms with E-state index in [9.17, 15) is 0 Å². The molecule has 2 aromatic carbocycles. The van der Waals surface area contributed by atoms with Gasteiger partial charge >= 0.3 is 0 Å². The number of fused-ring (bicyclic) bond motifs is 1. The lowest BCUT2D eigenvalue weighted by Gasteiger charge is -2.15.